The van der Waals surface area contributed by atoms with Crippen LogP contribution in [0.4, 0.5) is 0 Å². The van der Waals surface area contributed by atoms with Crippen LogP contribution in [0.15, 0.2) is 35.1 Å². The molecule has 0 aromatic heterocycles. The third-order valence-electron chi connectivity index (χ3n) is 3.68. The summed E-state index contributed by atoms with van der Waals surface area (Å²) in [6.07, 6.45) is 11.7. The maximum atomic E-state index is 9.16. The topological polar surface area (TPSA) is 20.2 Å². The number of thioether (sulfide) groups is 1. The van der Waals surface area contributed by atoms with Crippen LogP contribution in [0.1, 0.15) is 53.4 Å². The highest BCUT2D eigenvalue weighted by Gasteiger charge is 2.21. The molecule has 3 heteroatoms. The number of hydrogen-bond donors (Lipinski definition) is 1. The second-order valence-corrected chi connectivity index (χ2v) is 14.7. The Hall–Kier alpha value is -0.253. The second-order valence-electron chi connectivity index (χ2n) is 7.99. The zero-order valence-corrected chi connectivity index (χ0v) is 18.2. The summed E-state index contributed by atoms with van der Waals surface area (Å²) in [6, 6.07) is 0. The predicted molar refractivity (Wildman–Crippen MR) is 112 cm³/mol. The average Bonchev–Trinajstić information content (AvgIpc) is 2.42. The van der Waals surface area contributed by atoms with Gasteiger partial charge in [0.15, 0.2) is 0 Å². The molecule has 1 nitrogen and oxygen atoms in total. The van der Waals surface area contributed by atoms with E-state index < -0.39 is 8.07 Å². The Morgan fingerprint density at radius 1 is 1.09 bits per heavy atom. The number of allylic oxidation sites excluding steroid dienone is 4. The van der Waals surface area contributed by atoms with Crippen molar-refractivity contribution in [2.45, 2.75) is 77.8 Å². The van der Waals surface area contributed by atoms with Crippen molar-refractivity contribution in [1.82, 2.24) is 0 Å². The lowest BCUT2D eigenvalue weighted by Gasteiger charge is -2.26. The van der Waals surface area contributed by atoms with E-state index in [1.165, 1.54) is 11.1 Å². The smallest absolute Gasteiger partial charge is 0.0683 e. The Labute approximate surface area is 150 Å². The summed E-state index contributed by atoms with van der Waals surface area (Å²) in [6.45, 7) is 16.3. The third kappa shape index (κ3) is 13.8. The van der Waals surface area contributed by atoms with Gasteiger partial charge in [0.25, 0.3) is 0 Å². The fourth-order valence-electron chi connectivity index (χ4n) is 2.20. The molecule has 0 unspecified atom stereocenters. The molecule has 0 spiro atoms. The van der Waals surface area contributed by atoms with Gasteiger partial charge in [0, 0.05) is 10.5 Å². The van der Waals surface area contributed by atoms with E-state index >= 15 is 0 Å². The lowest BCUT2D eigenvalue weighted by atomic mass is 10.0. The highest BCUT2D eigenvalue weighted by Crippen LogP contribution is 2.32. The van der Waals surface area contributed by atoms with E-state index in [4.69, 9.17) is 5.11 Å². The zero-order valence-electron chi connectivity index (χ0n) is 16.4. The van der Waals surface area contributed by atoms with E-state index in [2.05, 4.69) is 71.3 Å². The molecule has 0 radical (unpaired) electrons. The van der Waals surface area contributed by atoms with E-state index in [0.717, 1.165) is 31.4 Å². The van der Waals surface area contributed by atoms with Crippen molar-refractivity contribution in [2.24, 2.45) is 0 Å². The standard InChI is InChI=1S/C20H38OSSi/c1-18(2)10-8-11-19(3)12-9-13-20(4,22-16-15-21)14-17-23(5,6)7/h10,12,14,17,21H,8-9,11,13,15-16H2,1-7H3/b17-14+,19-12+/t20-/m0/s1. The monoisotopic (exact) mass is 354 g/mol. The molecular weight excluding hydrogens is 316 g/mol. The van der Waals surface area contributed by atoms with E-state index in [0.29, 0.717) is 0 Å². The second kappa shape index (κ2) is 11.3. The summed E-state index contributed by atoms with van der Waals surface area (Å²) in [5, 5.41) is 9.16. The maximum Gasteiger partial charge on any atom is 0.0683 e. The minimum atomic E-state index is -1.17. The Balaban J connectivity index is 4.60. The van der Waals surface area contributed by atoms with Crippen LogP contribution in [0.5, 0.6) is 0 Å². The van der Waals surface area contributed by atoms with Gasteiger partial charge in [-0.1, -0.05) is 54.7 Å². The first-order valence-corrected chi connectivity index (χ1v) is 13.4. The minimum absolute atomic E-state index is 0.139. The molecule has 0 fully saturated rings. The quantitative estimate of drug-likeness (QED) is 0.343. The molecule has 1 atom stereocenters. The van der Waals surface area contributed by atoms with Gasteiger partial charge in [0.05, 0.1) is 14.7 Å². The van der Waals surface area contributed by atoms with Crippen LogP contribution in [0, 0.1) is 0 Å². The summed E-state index contributed by atoms with van der Waals surface area (Å²) in [5.41, 5.74) is 5.34. The third-order valence-corrected chi connectivity index (χ3v) is 6.24. The van der Waals surface area contributed by atoms with Crippen LogP contribution in [-0.2, 0) is 0 Å². The summed E-state index contributed by atoms with van der Waals surface area (Å²) in [5.74, 6) is 0.815. The molecule has 0 aliphatic heterocycles. The molecule has 0 heterocycles. The summed E-state index contributed by atoms with van der Waals surface area (Å²) < 4.78 is 0.139. The van der Waals surface area contributed by atoms with Gasteiger partial charge in [-0.05, 0) is 53.4 Å². The number of aliphatic hydroxyl groups excluding tert-OH is 1. The van der Waals surface area contributed by atoms with Gasteiger partial charge in [-0.3, -0.25) is 0 Å². The van der Waals surface area contributed by atoms with Gasteiger partial charge in [-0.2, -0.15) is 0 Å². The van der Waals surface area contributed by atoms with Crippen molar-refractivity contribution in [3.05, 3.63) is 35.1 Å². The van der Waals surface area contributed by atoms with Gasteiger partial charge < -0.3 is 5.11 Å². The fourth-order valence-corrected chi connectivity index (χ4v) is 4.18. The molecule has 0 saturated carbocycles. The Kier molecular flexibility index (Phi) is 11.2. The van der Waals surface area contributed by atoms with E-state index in [1.807, 2.05) is 11.8 Å². The zero-order chi connectivity index (χ0) is 17.9. The van der Waals surface area contributed by atoms with Gasteiger partial charge in [-0.25, -0.2) is 0 Å². The van der Waals surface area contributed by atoms with Crippen molar-refractivity contribution in [3.8, 4) is 0 Å². The molecule has 0 aromatic carbocycles. The molecule has 0 aliphatic carbocycles. The lowest BCUT2D eigenvalue weighted by molar-refractivity contribution is 0.322. The highest BCUT2D eigenvalue weighted by atomic mass is 32.2. The van der Waals surface area contributed by atoms with Gasteiger partial charge in [0.1, 0.15) is 0 Å². The molecule has 0 rings (SSSR count). The van der Waals surface area contributed by atoms with Crippen LogP contribution in [0.2, 0.25) is 19.6 Å². The SMILES string of the molecule is CC(C)=CCC/C(C)=C/CC[C@@](C)(/C=C/[Si](C)(C)C)SCCO. The first-order chi connectivity index (χ1) is 10.6. The van der Waals surface area contributed by atoms with Gasteiger partial charge in [-0.15, -0.1) is 11.8 Å². The van der Waals surface area contributed by atoms with Gasteiger partial charge >= 0.3 is 0 Å². The van der Waals surface area contributed by atoms with Crippen LogP contribution in [-0.4, -0.2) is 30.3 Å². The predicted octanol–water partition coefficient (Wildman–Crippen LogP) is 6.38. The largest absolute Gasteiger partial charge is 0.396 e. The molecule has 0 bridgehead atoms. The van der Waals surface area contributed by atoms with Crippen LogP contribution < -0.4 is 0 Å². The first-order valence-electron chi connectivity index (χ1n) is 8.82. The molecule has 0 amide bonds. The van der Waals surface area contributed by atoms with Crippen LogP contribution in [0.3, 0.4) is 0 Å². The number of rotatable bonds is 11. The summed E-state index contributed by atoms with van der Waals surface area (Å²) in [4.78, 5) is 0. The first kappa shape index (κ1) is 22.7. The van der Waals surface area contributed by atoms with Crippen molar-refractivity contribution >= 4 is 19.8 Å². The van der Waals surface area contributed by atoms with E-state index in [1.54, 1.807) is 0 Å². The Morgan fingerprint density at radius 3 is 2.26 bits per heavy atom. The normalized spacial score (nSPS) is 15.7. The fraction of sp³-hybridized carbons (Fsp3) is 0.700. The summed E-state index contributed by atoms with van der Waals surface area (Å²) >= 11 is 1.88. The molecule has 1 N–H and O–H groups in total. The molecule has 134 valence electrons. The highest BCUT2D eigenvalue weighted by molar-refractivity contribution is 8.00. The van der Waals surface area contributed by atoms with Crippen molar-refractivity contribution in [3.63, 3.8) is 0 Å². The van der Waals surface area contributed by atoms with Crippen LogP contribution >= 0.6 is 11.8 Å². The molecule has 0 aliphatic rings. The molecular formula is C20H38OSSi. The Morgan fingerprint density at radius 2 is 1.74 bits per heavy atom. The summed E-state index contributed by atoms with van der Waals surface area (Å²) in [7, 11) is -1.17. The lowest BCUT2D eigenvalue weighted by Crippen LogP contribution is -2.22. The minimum Gasteiger partial charge on any atom is -0.396 e. The number of hydrogen-bond acceptors (Lipinski definition) is 2. The van der Waals surface area contributed by atoms with E-state index in [-0.39, 0.29) is 11.4 Å². The maximum absolute atomic E-state index is 9.16. The molecule has 0 saturated heterocycles. The number of aliphatic hydroxyl groups is 1. The average molecular weight is 355 g/mol. The van der Waals surface area contributed by atoms with E-state index in [9.17, 15) is 0 Å². The molecule has 0 aromatic rings. The van der Waals surface area contributed by atoms with Crippen LogP contribution in [0.25, 0.3) is 0 Å². The Bertz CT molecular complexity index is 414. The van der Waals surface area contributed by atoms with Crippen molar-refractivity contribution in [2.75, 3.05) is 12.4 Å². The van der Waals surface area contributed by atoms with Gasteiger partial charge in [0.2, 0.25) is 0 Å². The van der Waals surface area contributed by atoms with Crippen molar-refractivity contribution < 1.29 is 5.11 Å². The molecule has 23 heavy (non-hydrogen) atoms. The van der Waals surface area contributed by atoms with Crippen molar-refractivity contribution in [1.29, 1.82) is 0 Å².